The lowest BCUT2D eigenvalue weighted by molar-refractivity contribution is -0.123. The van der Waals surface area contributed by atoms with Crippen molar-refractivity contribution in [3.8, 4) is 5.75 Å². The number of likely N-dealkylation sites (N-methyl/N-ethyl adjacent to an activating group) is 1. The van der Waals surface area contributed by atoms with Gasteiger partial charge in [-0.15, -0.1) is 0 Å². The van der Waals surface area contributed by atoms with Gasteiger partial charge < -0.3 is 15.0 Å². The zero-order valence-electron chi connectivity index (χ0n) is 15.1. The van der Waals surface area contributed by atoms with Crippen LogP contribution in [0.3, 0.4) is 0 Å². The van der Waals surface area contributed by atoms with Gasteiger partial charge in [-0.1, -0.05) is 30.1 Å². The molecule has 1 aromatic carbocycles. The normalized spacial score (nSPS) is 16.7. The molecule has 0 radical (unpaired) electrons. The number of benzene rings is 1. The molecule has 1 amide bonds. The van der Waals surface area contributed by atoms with E-state index in [9.17, 15) is 4.79 Å². The second kappa shape index (κ2) is 9.08. The number of rotatable bonds is 7. The van der Waals surface area contributed by atoms with Gasteiger partial charge in [-0.3, -0.25) is 9.69 Å². The van der Waals surface area contributed by atoms with Gasteiger partial charge in [-0.2, -0.15) is 0 Å². The van der Waals surface area contributed by atoms with Gasteiger partial charge in [-0.25, -0.2) is 0 Å². The molecule has 5 nitrogen and oxygen atoms in total. The molecule has 0 aromatic heterocycles. The second-order valence-corrected chi connectivity index (χ2v) is 7.72. The van der Waals surface area contributed by atoms with Gasteiger partial charge in [0.1, 0.15) is 5.75 Å². The number of nitrogens with zero attached hydrogens (tertiary/aromatic N) is 2. The van der Waals surface area contributed by atoms with Gasteiger partial charge in [0.25, 0.3) is 5.91 Å². The summed E-state index contributed by atoms with van der Waals surface area (Å²) in [6.45, 7) is 12.3. The second-order valence-electron chi connectivity index (χ2n) is 6.87. The molecule has 0 saturated carbocycles. The molecule has 140 valence electrons. The van der Waals surface area contributed by atoms with Crippen LogP contribution in [0.15, 0.2) is 18.2 Å². The van der Waals surface area contributed by atoms with Crippen molar-refractivity contribution in [3.63, 3.8) is 0 Å². The third kappa shape index (κ3) is 6.03. The predicted octanol–water partition coefficient (Wildman–Crippen LogP) is 2.90. The quantitative estimate of drug-likeness (QED) is 0.780. The standard InChI is InChI=1S/C18H27Cl2N3O2/c1-4-22-7-9-23(10-8-22)18(2,3)13-21-17(24)12-25-16-6-5-14(19)11-15(16)20/h5-6,11H,4,7-10,12-13H2,1-3H3,(H,21,24). The summed E-state index contributed by atoms with van der Waals surface area (Å²) in [6, 6.07) is 4.93. The molecular formula is C18H27Cl2N3O2. The molecule has 1 heterocycles. The minimum atomic E-state index is -0.161. The van der Waals surface area contributed by atoms with E-state index in [2.05, 4.69) is 35.9 Å². The minimum Gasteiger partial charge on any atom is -0.482 e. The summed E-state index contributed by atoms with van der Waals surface area (Å²) < 4.78 is 5.47. The fraction of sp³-hybridized carbons (Fsp3) is 0.611. The Morgan fingerprint density at radius 2 is 1.92 bits per heavy atom. The first-order valence-corrected chi connectivity index (χ1v) is 9.39. The van der Waals surface area contributed by atoms with E-state index < -0.39 is 0 Å². The molecule has 0 bridgehead atoms. The van der Waals surface area contributed by atoms with E-state index >= 15 is 0 Å². The summed E-state index contributed by atoms with van der Waals surface area (Å²) >= 11 is 11.9. The van der Waals surface area contributed by atoms with Crippen molar-refractivity contribution in [1.82, 2.24) is 15.1 Å². The monoisotopic (exact) mass is 387 g/mol. The lowest BCUT2D eigenvalue weighted by Crippen LogP contribution is -2.58. The lowest BCUT2D eigenvalue weighted by Gasteiger charge is -2.44. The maximum Gasteiger partial charge on any atom is 0.258 e. The Hall–Kier alpha value is -1.01. The largest absolute Gasteiger partial charge is 0.482 e. The average molecular weight is 388 g/mol. The number of hydrogen-bond acceptors (Lipinski definition) is 4. The zero-order chi connectivity index (χ0) is 18.4. The number of nitrogens with one attached hydrogen (secondary N) is 1. The van der Waals surface area contributed by atoms with Crippen LogP contribution in [0.2, 0.25) is 10.0 Å². The molecular weight excluding hydrogens is 361 g/mol. The van der Waals surface area contributed by atoms with E-state index in [0.29, 0.717) is 22.3 Å². The Morgan fingerprint density at radius 3 is 2.52 bits per heavy atom. The molecule has 1 N–H and O–H groups in total. The highest BCUT2D eigenvalue weighted by Gasteiger charge is 2.29. The lowest BCUT2D eigenvalue weighted by atomic mass is 10.0. The average Bonchev–Trinajstić information content (AvgIpc) is 2.59. The molecule has 1 aliphatic heterocycles. The van der Waals surface area contributed by atoms with Crippen LogP contribution in [-0.2, 0) is 4.79 Å². The first-order chi connectivity index (χ1) is 11.8. The Bertz CT molecular complexity index is 588. The molecule has 7 heteroatoms. The van der Waals surface area contributed by atoms with Crippen LogP contribution in [-0.4, -0.2) is 67.1 Å². The molecule has 25 heavy (non-hydrogen) atoms. The third-order valence-electron chi connectivity index (χ3n) is 4.65. The molecule has 0 unspecified atom stereocenters. The SMILES string of the molecule is CCN1CCN(C(C)(C)CNC(=O)COc2ccc(Cl)cc2Cl)CC1. The molecule has 1 fully saturated rings. The van der Waals surface area contributed by atoms with E-state index in [1.165, 1.54) is 0 Å². The molecule has 0 spiro atoms. The van der Waals surface area contributed by atoms with Crippen molar-refractivity contribution in [2.24, 2.45) is 0 Å². The van der Waals surface area contributed by atoms with Crippen molar-refractivity contribution in [1.29, 1.82) is 0 Å². The maximum absolute atomic E-state index is 12.1. The summed E-state index contributed by atoms with van der Waals surface area (Å²) in [6.07, 6.45) is 0. The molecule has 1 aromatic rings. The number of piperazine rings is 1. The zero-order valence-corrected chi connectivity index (χ0v) is 16.7. The maximum atomic E-state index is 12.1. The van der Waals surface area contributed by atoms with Crippen molar-refractivity contribution in [2.75, 3.05) is 45.9 Å². The molecule has 0 atom stereocenters. The molecule has 1 saturated heterocycles. The van der Waals surface area contributed by atoms with Crippen molar-refractivity contribution >= 4 is 29.1 Å². The van der Waals surface area contributed by atoms with Crippen LogP contribution in [0, 0.1) is 0 Å². The van der Waals surface area contributed by atoms with Crippen molar-refractivity contribution in [2.45, 2.75) is 26.3 Å². The summed E-state index contributed by atoms with van der Waals surface area (Å²) in [7, 11) is 0. The van der Waals surface area contributed by atoms with Crippen LogP contribution in [0.4, 0.5) is 0 Å². The van der Waals surface area contributed by atoms with E-state index in [0.717, 1.165) is 32.7 Å². The number of hydrogen-bond donors (Lipinski definition) is 1. The fourth-order valence-corrected chi connectivity index (χ4v) is 3.35. The Kier molecular flexibility index (Phi) is 7.37. The first-order valence-electron chi connectivity index (χ1n) is 8.64. The summed E-state index contributed by atoms with van der Waals surface area (Å²) in [5.74, 6) is 0.294. The Labute approximate surface area is 160 Å². The van der Waals surface area contributed by atoms with Gasteiger partial charge >= 0.3 is 0 Å². The number of carbonyl (C=O) groups excluding carboxylic acids is 1. The van der Waals surface area contributed by atoms with Gasteiger partial charge in [0, 0.05) is 43.3 Å². The molecule has 0 aliphatic carbocycles. The van der Waals surface area contributed by atoms with Crippen LogP contribution < -0.4 is 10.1 Å². The minimum absolute atomic E-state index is 0.0684. The summed E-state index contributed by atoms with van der Waals surface area (Å²) in [5.41, 5.74) is -0.0899. The topological polar surface area (TPSA) is 44.8 Å². The van der Waals surface area contributed by atoms with Gasteiger partial charge in [-0.05, 0) is 38.6 Å². The number of halogens is 2. The predicted molar refractivity (Wildman–Crippen MR) is 103 cm³/mol. The first kappa shape index (κ1) is 20.3. The van der Waals surface area contributed by atoms with Crippen molar-refractivity contribution in [3.05, 3.63) is 28.2 Å². The Morgan fingerprint density at radius 1 is 1.24 bits per heavy atom. The van der Waals surface area contributed by atoms with Crippen LogP contribution >= 0.6 is 23.2 Å². The third-order valence-corrected chi connectivity index (χ3v) is 5.18. The number of amides is 1. The highest BCUT2D eigenvalue weighted by atomic mass is 35.5. The fourth-order valence-electron chi connectivity index (χ4n) is 2.88. The summed E-state index contributed by atoms with van der Waals surface area (Å²) in [4.78, 5) is 17.0. The number of ether oxygens (including phenoxy) is 1. The van der Waals surface area contributed by atoms with Crippen LogP contribution in [0.5, 0.6) is 5.75 Å². The van der Waals surface area contributed by atoms with Crippen molar-refractivity contribution < 1.29 is 9.53 Å². The molecule has 1 aliphatic rings. The molecule has 2 rings (SSSR count). The van der Waals surface area contributed by atoms with Gasteiger partial charge in [0.2, 0.25) is 0 Å². The van der Waals surface area contributed by atoms with E-state index in [1.54, 1.807) is 18.2 Å². The van der Waals surface area contributed by atoms with E-state index in [-0.39, 0.29) is 18.1 Å². The highest BCUT2D eigenvalue weighted by molar-refractivity contribution is 6.35. The van der Waals surface area contributed by atoms with Crippen LogP contribution in [0.1, 0.15) is 20.8 Å². The highest BCUT2D eigenvalue weighted by Crippen LogP contribution is 2.27. The van der Waals surface area contributed by atoms with Gasteiger partial charge in [0.05, 0.1) is 5.02 Å². The Balaban J connectivity index is 1.76. The van der Waals surface area contributed by atoms with Crippen LogP contribution in [0.25, 0.3) is 0 Å². The smallest absolute Gasteiger partial charge is 0.258 e. The van der Waals surface area contributed by atoms with E-state index in [4.69, 9.17) is 27.9 Å². The van der Waals surface area contributed by atoms with E-state index in [1.807, 2.05) is 0 Å². The van der Waals surface area contributed by atoms with Gasteiger partial charge in [0.15, 0.2) is 6.61 Å². The summed E-state index contributed by atoms with van der Waals surface area (Å²) in [5, 5.41) is 3.89. The number of carbonyl (C=O) groups is 1.